The maximum absolute atomic E-state index is 13.8. The van der Waals surface area contributed by atoms with Crippen molar-refractivity contribution >= 4 is 23.3 Å². The Balaban J connectivity index is 2.16. The summed E-state index contributed by atoms with van der Waals surface area (Å²) < 4.78 is 10.8. The van der Waals surface area contributed by atoms with Crippen molar-refractivity contribution in [2.75, 3.05) is 31.4 Å². The molecule has 0 saturated heterocycles. The van der Waals surface area contributed by atoms with Crippen LogP contribution in [0.25, 0.3) is 0 Å². The third-order valence-corrected chi connectivity index (χ3v) is 5.03. The summed E-state index contributed by atoms with van der Waals surface area (Å²) in [6.45, 7) is 5.20. The van der Waals surface area contributed by atoms with Crippen LogP contribution in [0.3, 0.4) is 0 Å². The zero-order chi connectivity index (χ0) is 21.8. The minimum atomic E-state index is -1.06. The second-order valence-corrected chi connectivity index (χ2v) is 7.26. The third kappa shape index (κ3) is 4.16. The van der Waals surface area contributed by atoms with Gasteiger partial charge in [-0.2, -0.15) is 0 Å². The highest BCUT2D eigenvalue weighted by Gasteiger charge is 2.42. The Hall–Kier alpha value is -3.32. The van der Waals surface area contributed by atoms with Crippen molar-refractivity contribution in [2.45, 2.75) is 25.2 Å². The van der Waals surface area contributed by atoms with E-state index in [0.717, 1.165) is 11.3 Å². The van der Waals surface area contributed by atoms with Gasteiger partial charge in [0.25, 0.3) is 5.91 Å². The summed E-state index contributed by atoms with van der Waals surface area (Å²) in [4.78, 5) is 29.2. The van der Waals surface area contributed by atoms with Crippen LogP contribution in [0.2, 0.25) is 0 Å². The van der Waals surface area contributed by atoms with Crippen molar-refractivity contribution in [3.05, 3.63) is 66.7 Å². The molecule has 1 aliphatic rings. The van der Waals surface area contributed by atoms with Crippen LogP contribution in [-0.2, 0) is 14.3 Å². The number of nitrogens with one attached hydrogen (secondary N) is 1. The molecular formula is C23H27N3O4. The largest absolute Gasteiger partial charge is 0.497 e. The molecule has 1 N–H and O–H groups in total. The Morgan fingerprint density at radius 3 is 2.43 bits per heavy atom. The summed E-state index contributed by atoms with van der Waals surface area (Å²) in [7, 11) is 5.32. The molecule has 158 valence electrons. The molecule has 0 aromatic heterocycles. The minimum absolute atomic E-state index is 0.331. The standard InChI is InChI=1S/C23H27N3O4/c1-6-20(25(3)4)26-19-10-8-7-9-18(19)24-21(22(23(26)28)30-15(2)27)16-11-13-17(29-5)14-12-16/h6-14,20-22,24H,1H2,2-5H3. The molecule has 3 unspecified atom stereocenters. The first-order chi connectivity index (χ1) is 14.4. The fourth-order valence-electron chi connectivity index (χ4n) is 3.63. The molecule has 7 heteroatoms. The molecule has 30 heavy (non-hydrogen) atoms. The lowest BCUT2D eigenvalue weighted by Crippen LogP contribution is -2.52. The number of hydrogen-bond donors (Lipinski definition) is 1. The molecule has 3 rings (SSSR count). The van der Waals surface area contributed by atoms with Gasteiger partial charge in [-0.15, -0.1) is 0 Å². The van der Waals surface area contributed by atoms with Crippen molar-refractivity contribution in [3.8, 4) is 5.75 Å². The number of methoxy groups -OCH3 is 1. The SMILES string of the molecule is C=CC(N(C)C)N1C(=O)C(OC(C)=O)C(c2ccc(OC)cc2)Nc2ccccc21. The topological polar surface area (TPSA) is 71.1 Å². The van der Waals surface area contributed by atoms with E-state index in [1.165, 1.54) is 6.92 Å². The molecule has 0 spiro atoms. The summed E-state index contributed by atoms with van der Waals surface area (Å²) in [5, 5.41) is 3.41. The normalized spacial score (nSPS) is 19.4. The first-order valence-electron chi connectivity index (χ1n) is 9.66. The average Bonchev–Trinajstić information content (AvgIpc) is 2.84. The van der Waals surface area contributed by atoms with E-state index in [1.807, 2.05) is 67.5 Å². The van der Waals surface area contributed by atoms with Crippen molar-refractivity contribution in [1.82, 2.24) is 4.90 Å². The number of nitrogens with zero attached hydrogens (tertiary/aromatic N) is 2. The molecule has 1 amide bonds. The van der Waals surface area contributed by atoms with Crippen LogP contribution in [0.4, 0.5) is 11.4 Å². The van der Waals surface area contributed by atoms with Gasteiger partial charge in [0, 0.05) is 6.92 Å². The van der Waals surface area contributed by atoms with E-state index in [1.54, 1.807) is 18.1 Å². The van der Waals surface area contributed by atoms with E-state index in [-0.39, 0.29) is 5.91 Å². The molecule has 0 aliphatic carbocycles. The number of carbonyl (C=O) groups is 2. The van der Waals surface area contributed by atoms with E-state index in [9.17, 15) is 9.59 Å². The van der Waals surface area contributed by atoms with Gasteiger partial charge in [0.1, 0.15) is 11.9 Å². The van der Waals surface area contributed by atoms with Crippen molar-refractivity contribution in [2.24, 2.45) is 0 Å². The van der Waals surface area contributed by atoms with Gasteiger partial charge >= 0.3 is 5.97 Å². The molecule has 1 heterocycles. The summed E-state index contributed by atoms with van der Waals surface area (Å²) in [6, 6.07) is 14.3. The first-order valence-corrected chi connectivity index (χ1v) is 9.66. The maximum atomic E-state index is 13.8. The molecule has 2 aromatic rings. The Bertz CT molecular complexity index is 926. The van der Waals surface area contributed by atoms with Crippen LogP contribution in [0, 0.1) is 0 Å². The molecular weight excluding hydrogens is 382 g/mol. The van der Waals surface area contributed by atoms with E-state index in [0.29, 0.717) is 11.4 Å². The van der Waals surface area contributed by atoms with Crippen LogP contribution in [0.1, 0.15) is 18.5 Å². The number of rotatable bonds is 6. The Kier molecular flexibility index (Phi) is 6.42. The van der Waals surface area contributed by atoms with Crippen LogP contribution in [0.5, 0.6) is 5.75 Å². The average molecular weight is 409 g/mol. The highest BCUT2D eigenvalue weighted by Crippen LogP contribution is 2.38. The van der Waals surface area contributed by atoms with Gasteiger partial charge in [-0.1, -0.05) is 36.9 Å². The molecule has 3 atom stereocenters. The lowest BCUT2D eigenvalue weighted by molar-refractivity contribution is -0.154. The lowest BCUT2D eigenvalue weighted by Gasteiger charge is -2.35. The smallest absolute Gasteiger partial charge is 0.303 e. The van der Waals surface area contributed by atoms with Gasteiger partial charge < -0.3 is 14.8 Å². The number of para-hydroxylation sites is 2. The van der Waals surface area contributed by atoms with Gasteiger partial charge in [-0.25, -0.2) is 0 Å². The number of likely N-dealkylation sites (N-methyl/N-ethyl adjacent to an activating group) is 1. The molecule has 0 radical (unpaired) electrons. The van der Waals surface area contributed by atoms with E-state index < -0.39 is 24.3 Å². The van der Waals surface area contributed by atoms with Crippen LogP contribution >= 0.6 is 0 Å². The van der Waals surface area contributed by atoms with Crippen molar-refractivity contribution < 1.29 is 19.1 Å². The highest BCUT2D eigenvalue weighted by atomic mass is 16.5. The first kappa shape index (κ1) is 21.4. The van der Waals surface area contributed by atoms with E-state index in [4.69, 9.17) is 9.47 Å². The number of hydrogen-bond acceptors (Lipinski definition) is 6. The van der Waals surface area contributed by atoms with Gasteiger partial charge in [0.15, 0.2) is 0 Å². The van der Waals surface area contributed by atoms with Crippen LogP contribution in [-0.4, -0.2) is 50.3 Å². The van der Waals surface area contributed by atoms with Crippen molar-refractivity contribution in [1.29, 1.82) is 0 Å². The van der Waals surface area contributed by atoms with Gasteiger partial charge in [-0.3, -0.25) is 19.4 Å². The lowest BCUT2D eigenvalue weighted by atomic mass is 10.00. The van der Waals surface area contributed by atoms with Gasteiger partial charge in [-0.05, 0) is 43.9 Å². The summed E-state index contributed by atoms with van der Waals surface area (Å²) in [6.07, 6.45) is 0.201. The molecule has 0 bridgehead atoms. The fraction of sp³-hybridized carbons (Fsp3) is 0.304. The quantitative estimate of drug-likeness (QED) is 0.584. The monoisotopic (exact) mass is 409 g/mol. The van der Waals surface area contributed by atoms with Gasteiger partial charge in [0.05, 0.1) is 24.5 Å². The third-order valence-electron chi connectivity index (χ3n) is 5.03. The number of amides is 1. The van der Waals surface area contributed by atoms with Crippen LogP contribution in [0.15, 0.2) is 61.2 Å². The molecule has 2 aromatic carbocycles. The second-order valence-electron chi connectivity index (χ2n) is 7.26. The van der Waals surface area contributed by atoms with Crippen molar-refractivity contribution in [3.63, 3.8) is 0 Å². The molecule has 1 aliphatic heterocycles. The number of anilines is 2. The van der Waals surface area contributed by atoms with E-state index in [2.05, 4.69) is 11.9 Å². The number of fused-ring (bicyclic) bond motifs is 1. The summed E-state index contributed by atoms with van der Waals surface area (Å²) in [5.74, 6) is -0.161. The van der Waals surface area contributed by atoms with E-state index >= 15 is 0 Å². The minimum Gasteiger partial charge on any atom is -0.497 e. The number of ether oxygens (including phenoxy) is 2. The number of benzene rings is 2. The molecule has 7 nitrogen and oxygen atoms in total. The maximum Gasteiger partial charge on any atom is 0.303 e. The number of esters is 1. The summed E-state index contributed by atoms with van der Waals surface area (Å²) >= 11 is 0. The Morgan fingerprint density at radius 2 is 1.87 bits per heavy atom. The summed E-state index contributed by atoms with van der Waals surface area (Å²) in [5.41, 5.74) is 2.25. The van der Waals surface area contributed by atoms with Crippen LogP contribution < -0.4 is 15.0 Å². The molecule has 0 fully saturated rings. The molecule has 0 saturated carbocycles. The number of carbonyl (C=O) groups excluding carboxylic acids is 2. The predicted octanol–water partition coefficient (Wildman–Crippen LogP) is 3.20. The second kappa shape index (κ2) is 9.00. The zero-order valence-electron chi connectivity index (χ0n) is 17.7. The Labute approximate surface area is 176 Å². The zero-order valence-corrected chi connectivity index (χ0v) is 17.7. The predicted molar refractivity (Wildman–Crippen MR) is 117 cm³/mol. The Morgan fingerprint density at radius 1 is 1.20 bits per heavy atom. The van der Waals surface area contributed by atoms with Gasteiger partial charge in [0.2, 0.25) is 6.10 Å². The fourth-order valence-corrected chi connectivity index (χ4v) is 3.63. The highest BCUT2D eigenvalue weighted by molar-refractivity contribution is 6.03.